The number of carbonyl (C=O) groups excluding carboxylic acids is 2. The summed E-state index contributed by atoms with van der Waals surface area (Å²) in [5.74, 6) is 0.740. The molecular weight excluding hydrogens is 320 g/mol. The van der Waals surface area contributed by atoms with E-state index in [-0.39, 0.29) is 11.8 Å². The molecule has 1 aromatic carbocycles. The SMILES string of the molecule is COc1ccc(C(=O)NCCN2CCN(C(=O)C3(N)CC3)CC2)cc1. The molecule has 0 aromatic heterocycles. The van der Waals surface area contributed by atoms with E-state index in [0.717, 1.165) is 38.2 Å². The summed E-state index contributed by atoms with van der Waals surface area (Å²) in [6.45, 7) is 4.42. The van der Waals surface area contributed by atoms with E-state index in [1.54, 1.807) is 31.4 Å². The van der Waals surface area contributed by atoms with Crippen molar-refractivity contribution in [2.45, 2.75) is 18.4 Å². The van der Waals surface area contributed by atoms with Crippen LogP contribution in [0.3, 0.4) is 0 Å². The fourth-order valence-corrected chi connectivity index (χ4v) is 3.01. The van der Waals surface area contributed by atoms with Crippen molar-refractivity contribution in [2.24, 2.45) is 5.73 Å². The Morgan fingerprint density at radius 3 is 2.36 bits per heavy atom. The van der Waals surface area contributed by atoms with Crippen molar-refractivity contribution in [1.29, 1.82) is 0 Å². The number of ether oxygens (including phenoxy) is 1. The summed E-state index contributed by atoms with van der Waals surface area (Å²) < 4.78 is 5.09. The Labute approximate surface area is 148 Å². The molecule has 1 aromatic rings. The van der Waals surface area contributed by atoms with Gasteiger partial charge in [0.15, 0.2) is 0 Å². The molecule has 7 nitrogen and oxygen atoms in total. The molecule has 1 aliphatic carbocycles. The van der Waals surface area contributed by atoms with Crippen molar-refractivity contribution in [2.75, 3.05) is 46.4 Å². The molecule has 2 aliphatic rings. The van der Waals surface area contributed by atoms with Gasteiger partial charge in [0.2, 0.25) is 5.91 Å². The number of nitrogens with two attached hydrogens (primary N) is 1. The summed E-state index contributed by atoms with van der Waals surface area (Å²) in [6, 6.07) is 7.04. The summed E-state index contributed by atoms with van der Waals surface area (Å²) in [6.07, 6.45) is 1.62. The van der Waals surface area contributed by atoms with E-state index < -0.39 is 5.54 Å². The van der Waals surface area contributed by atoms with Gasteiger partial charge in [-0.25, -0.2) is 0 Å². The molecule has 2 fully saturated rings. The second kappa shape index (κ2) is 7.41. The Bertz CT molecular complexity index is 620. The molecule has 136 valence electrons. The van der Waals surface area contributed by atoms with Gasteiger partial charge < -0.3 is 20.7 Å². The Hall–Kier alpha value is -2.12. The Kier molecular flexibility index (Phi) is 5.24. The van der Waals surface area contributed by atoms with Crippen LogP contribution < -0.4 is 15.8 Å². The lowest BCUT2D eigenvalue weighted by molar-refractivity contribution is -0.135. The molecule has 1 heterocycles. The van der Waals surface area contributed by atoms with Crippen molar-refractivity contribution in [3.63, 3.8) is 0 Å². The van der Waals surface area contributed by atoms with Crippen molar-refractivity contribution >= 4 is 11.8 Å². The fourth-order valence-electron chi connectivity index (χ4n) is 3.01. The predicted molar refractivity (Wildman–Crippen MR) is 94.5 cm³/mol. The second-order valence-electron chi connectivity index (χ2n) is 6.77. The maximum atomic E-state index is 12.2. The van der Waals surface area contributed by atoms with Crippen LogP contribution in [0.4, 0.5) is 0 Å². The molecule has 1 saturated heterocycles. The summed E-state index contributed by atoms with van der Waals surface area (Å²) in [5.41, 5.74) is 6.03. The van der Waals surface area contributed by atoms with Gasteiger partial charge in [-0.2, -0.15) is 0 Å². The zero-order chi connectivity index (χ0) is 17.9. The number of carbonyl (C=O) groups is 2. The molecule has 2 amide bonds. The van der Waals surface area contributed by atoms with Crippen molar-refractivity contribution in [3.05, 3.63) is 29.8 Å². The van der Waals surface area contributed by atoms with E-state index >= 15 is 0 Å². The third kappa shape index (κ3) is 4.29. The lowest BCUT2D eigenvalue weighted by atomic mass is 10.2. The number of nitrogens with one attached hydrogen (secondary N) is 1. The first-order chi connectivity index (χ1) is 12.0. The van der Waals surface area contributed by atoms with Crippen LogP contribution in [-0.4, -0.2) is 73.5 Å². The van der Waals surface area contributed by atoms with E-state index in [0.29, 0.717) is 25.2 Å². The first-order valence-corrected chi connectivity index (χ1v) is 8.75. The standard InChI is InChI=1S/C18H26N4O3/c1-25-15-4-2-14(3-5-15)16(23)20-8-9-21-10-12-22(13-11-21)17(24)18(19)6-7-18/h2-5H,6-13,19H2,1H3,(H,20,23). The zero-order valence-electron chi connectivity index (χ0n) is 14.7. The average Bonchev–Trinajstić information content (AvgIpc) is 3.40. The molecule has 1 aliphatic heterocycles. The normalized spacial score (nSPS) is 19.4. The monoisotopic (exact) mass is 346 g/mol. The van der Waals surface area contributed by atoms with Crippen molar-refractivity contribution in [3.8, 4) is 5.75 Å². The van der Waals surface area contributed by atoms with E-state index in [2.05, 4.69) is 10.2 Å². The number of hydrogen-bond donors (Lipinski definition) is 2. The van der Waals surface area contributed by atoms with Gasteiger partial charge >= 0.3 is 0 Å². The molecule has 0 bridgehead atoms. The van der Waals surface area contributed by atoms with Crippen LogP contribution in [0.25, 0.3) is 0 Å². The molecule has 0 spiro atoms. The summed E-state index contributed by atoms with van der Waals surface area (Å²) >= 11 is 0. The summed E-state index contributed by atoms with van der Waals surface area (Å²) in [4.78, 5) is 28.5. The number of piperazine rings is 1. The first-order valence-electron chi connectivity index (χ1n) is 8.75. The van der Waals surface area contributed by atoms with Gasteiger partial charge in [0.1, 0.15) is 5.75 Å². The van der Waals surface area contributed by atoms with Crippen molar-refractivity contribution in [1.82, 2.24) is 15.1 Å². The highest BCUT2D eigenvalue weighted by Gasteiger charge is 2.48. The van der Waals surface area contributed by atoms with Crippen LogP contribution >= 0.6 is 0 Å². The highest BCUT2D eigenvalue weighted by Crippen LogP contribution is 2.34. The lowest BCUT2D eigenvalue weighted by Gasteiger charge is -2.36. The maximum Gasteiger partial charge on any atom is 0.251 e. The second-order valence-corrected chi connectivity index (χ2v) is 6.77. The Balaban J connectivity index is 1.37. The van der Waals surface area contributed by atoms with E-state index in [4.69, 9.17) is 10.5 Å². The summed E-state index contributed by atoms with van der Waals surface area (Å²) in [5, 5.41) is 2.93. The molecule has 3 N–H and O–H groups in total. The highest BCUT2D eigenvalue weighted by molar-refractivity contribution is 5.94. The third-order valence-corrected chi connectivity index (χ3v) is 4.94. The molecule has 0 atom stereocenters. The van der Waals surface area contributed by atoms with Gasteiger partial charge in [0, 0.05) is 44.8 Å². The molecule has 0 unspecified atom stereocenters. The Morgan fingerprint density at radius 2 is 1.80 bits per heavy atom. The summed E-state index contributed by atoms with van der Waals surface area (Å²) in [7, 11) is 1.60. The van der Waals surface area contributed by atoms with Gasteiger partial charge in [-0.05, 0) is 37.1 Å². The lowest BCUT2D eigenvalue weighted by Crippen LogP contribution is -2.54. The number of rotatable bonds is 6. The highest BCUT2D eigenvalue weighted by atomic mass is 16.5. The van der Waals surface area contributed by atoms with Crippen LogP contribution in [0.2, 0.25) is 0 Å². The molecular formula is C18H26N4O3. The third-order valence-electron chi connectivity index (χ3n) is 4.94. The van der Waals surface area contributed by atoms with Crippen LogP contribution in [0, 0.1) is 0 Å². The molecule has 0 radical (unpaired) electrons. The van der Waals surface area contributed by atoms with Crippen LogP contribution in [0.5, 0.6) is 5.75 Å². The molecule has 7 heteroatoms. The smallest absolute Gasteiger partial charge is 0.251 e. The number of benzene rings is 1. The van der Waals surface area contributed by atoms with Gasteiger partial charge in [0.05, 0.1) is 12.6 Å². The average molecular weight is 346 g/mol. The minimum atomic E-state index is -0.575. The fraction of sp³-hybridized carbons (Fsp3) is 0.556. The topological polar surface area (TPSA) is 87.9 Å². The van der Waals surface area contributed by atoms with Crippen LogP contribution in [0.15, 0.2) is 24.3 Å². The molecule has 25 heavy (non-hydrogen) atoms. The van der Waals surface area contributed by atoms with E-state index in [1.807, 2.05) is 4.90 Å². The first kappa shape index (κ1) is 17.7. The maximum absolute atomic E-state index is 12.2. The van der Waals surface area contributed by atoms with Crippen LogP contribution in [-0.2, 0) is 4.79 Å². The largest absolute Gasteiger partial charge is 0.497 e. The zero-order valence-corrected chi connectivity index (χ0v) is 14.7. The van der Waals surface area contributed by atoms with Gasteiger partial charge in [-0.15, -0.1) is 0 Å². The number of methoxy groups -OCH3 is 1. The minimum absolute atomic E-state index is 0.0877. The number of amides is 2. The van der Waals surface area contributed by atoms with Gasteiger partial charge in [-0.1, -0.05) is 0 Å². The minimum Gasteiger partial charge on any atom is -0.497 e. The van der Waals surface area contributed by atoms with Crippen LogP contribution in [0.1, 0.15) is 23.2 Å². The van der Waals surface area contributed by atoms with E-state index in [9.17, 15) is 9.59 Å². The molecule has 1 saturated carbocycles. The van der Waals surface area contributed by atoms with Crippen molar-refractivity contribution < 1.29 is 14.3 Å². The molecule has 3 rings (SSSR count). The van der Waals surface area contributed by atoms with Gasteiger partial charge in [-0.3, -0.25) is 14.5 Å². The van der Waals surface area contributed by atoms with Gasteiger partial charge in [0.25, 0.3) is 5.91 Å². The Morgan fingerprint density at radius 1 is 1.16 bits per heavy atom. The number of nitrogens with zero attached hydrogens (tertiary/aromatic N) is 2. The number of hydrogen-bond acceptors (Lipinski definition) is 5. The quantitative estimate of drug-likeness (QED) is 0.761. The predicted octanol–water partition coefficient (Wildman–Crippen LogP) is 0.0605. The van der Waals surface area contributed by atoms with E-state index in [1.165, 1.54) is 0 Å².